The van der Waals surface area contributed by atoms with Crippen molar-refractivity contribution in [1.82, 2.24) is 29.9 Å². The molecule has 52 heavy (non-hydrogen) atoms. The Labute approximate surface area is 303 Å². The molecule has 1 aliphatic heterocycles. The zero-order valence-corrected chi connectivity index (χ0v) is 30.0. The minimum atomic E-state index is -2.96. The number of ether oxygens (including phenoxy) is 1. The van der Waals surface area contributed by atoms with Crippen LogP contribution in [0.1, 0.15) is 95.1 Å². The van der Waals surface area contributed by atoms with Crippen LogP contribution in [-0.4, -0.2) is 54.4 Å². The zero-order valence-electron chi connectivity index (χ0n) is 29.2. The average molecular weight is 737 g/mol. The zero-order chi connectivity index (χ0) is 37.2. The number of hydrogen-bond acceptors (Lipinski definition) is 8. The number of Topliss-reactive ketones (excluding diaryl/α,β-unsaturated/α-hetero) is 1. The number of nitrogens with zero attached hydrogens (tertiary/aromatic N) is 6. The van der Waals surface area contributed by atoms with E-state index in [1.54, 1.807) is 18.2 Å². The second-order valence-corrected chi connectivity index (χ2v) is 15.9. The van der Waals surface area contributed by atoms with Crippen molar-refractivity contribution in [1.29, 1.82) is 0 Å². The van der Waals surface area contributed by atoms with Gasteiger partial charge in [-0.3, -0.25) is 14.5 Å². The average Bonchev–Trinajstić information content (AvgIpc) is 3.89. The number of ketones is 1. The van der Waals surface area contributed by atoms with Gasteiger partial charge >= 0.3 is 6.09 Å². The Morgan fingerprint density at radius 3 is 2.56 bits per heavy atom. The van der Waals surface area contributed by atoms with E-state index in [0.29, 0.717) is 22.9 Å². The van der Waals surface area contributed by atoms with Gasteiger partial charge < -0.3 is 15.8 Å². The molecule has 0 saturated heterocycles. The summed E-state index contributed by atoms with van der Waals surface area (Å²) in [5.41, 5.74) is 5.71. The predicted molar refractivity (Wildman–Crippen MR) is 188 cm³/mol. The van der Waals surface area contributed by atoms with Crippen molar-refractivity contribution in [2.24, 2.45) is 22.1 Å². The highest BCUT2D eigenvalue weighted by molar-refractivity contribution is 6.32. The second-order valence-electron chi connectivity index (χ2n) is 15.5. The number of hydrogen-bond donors (Lipinski definition) is 2. The highest BCUT2D eigenvalue weighted by atomic mass is 35.5. The Morgan fingerprint density at radius 2 is 1.90 bits per heavy atom. The first-order valence-electron chi connectivity index (χ1n) is 17.3. The molecule has 2 aromatic heterocycles. The van der Waals surface area contributed by atoms with Gasteiger partial charge in [-0.25, -0.2) is 27.6 Å². The molecule has 2 aromatic carbocycles. The maximum absolute atomic E-state index is 16.4. The quantitative estimate of drug-likeness (QED) is 0.163. The van der Waals surface area contributed by atoms with Gasteiger partial charge in [0.15, 0.2) is 11.6 Å². The Hall–Kier alpha value is -4.72. The molecule has 3 aliphatic rings. The number of amidine groups is 1. The van der Waals surface area contributed by atoms with Crippen LogP contribution in [0, 0.1) is 17.2 Å². The lowest BCUT2D eigenvalue weighted by atomic mass is 9.70. The molecule has 3 atom stereocenters. The number of alkyl halides is 2. The fraction of sp³-hybridized carbons (Fsp3) is 0.459. The molecule has 15 heteroatoms. The first-order chi connectivity index (χ1) is 24.6. The van der Waals surface area contributed by atoms with E-state index in [1.807, 2.05) is 44.6 Å². The topological polar surface area (TPSA) is 142 Å². The van der Waals surface area contributed by atoms with Crippen molar-refractivity contribution >= 4 is 29.3 Å². The highest BCUT2D eigenvalue weighted by Gasteiger charge is 2.55. The molecule has 4 aromatic rings. The first-order valence-corrected chi connectivity index (χ1v) is 17.6. The Kier molecular flexibility index (Phi) is 8.95. The maximum atomic E-state index is 16.4. The summed E-state index contributed by atoms with van der Waals surface area (Å²) in [5.74, 6) is -4.01. The SMILES string of the molecule is CC(C)(C)C[C@]1(c2ccc(-c3ccn(C4CC4)n3)cc2F)N=C(N)C([C@H](COC(=O)NC2(C)CC2)c2ccc(Cl)c(-n3ncnc3C(F)F)c2)C1=O. The number of rotatable bonds is 11. The van der Waals surface area contributed by atoms with Gasteiger partial charge in [0.25, 0.3) is 6.43 Å². The number of aliphatic imine (C=N–C) groups is 1. The fourth-order valence-corrected chi connectivity index (χ4v) is 7.20. The van der Waals surface area contributed by atoms with Gasteiger partial charge in [0.2, 0.25) is 0 Å². The van der Waals surface area contributed by atoms with Crippen molar-refractivity contribution in [2.45, 2.75) is 89.3 Å². The molecule has 2 fully saturated rings. The molecule has 3 heterocycles. The van der Waals surface area contributed by atoms with E-state index in [-0.39, 0.29) is 40.7 Å². The maximum Gasteiger partial charge on any atom is 0.407 e. The second kappa shape index (κ2) is 13.0. The van der Waals surface area contributed by atoms with Crippen LogP contribution in [0.3, 0.4) is 0 Å². The first kappa shape index (κ1) is 35.7. The largest absolute Gasteiger partial charge is 0.449 e. The highest BCUT2D eigenvalue weighted by Crippen LogP contribution is 2.49. The van der Waals surface area contributed by atoms with Gasteiger partial charge in [-0.1, -0.05) is 50.6 Å². The van der Waals surface area contributed by atoms with Crippen LogP contribution in [0.15, 0.2) is 60.0 Å². The molecular formula is C37H40ClF3N8O3. The number of amides is 1. The third-order valence-corrected chi connectivity index (χ3v) is 10.3. The van der Waals surface area contributed by atoms with Crippen LogP contribution >= 0.6 is 11.6 Å². The minimum Gasteiger partial charge on any atom is -0.449 e. The summed E-state index contributed by atoms with van der Waals surface area (Å²) in [4.78, 5) is 36.4. The third kappa shape index (κ3) is 6.92. The Bertz CT molecular complexity index is 2070. The van der Waals surface area contributed by atoms with Gasteiger partial charge in [-0.05, 0) is 74.3 Å². The molecule has 2 saturated carbocycles. The lowest BCUT2D eigenvalue weighted by Crippen LogP contribution is -2.42. The van der Waals surface area contributed by atoms with E-state index < -0.39 is 52.7 Å². The molecule has 0 radical (unpaired) electrons. The van der Waals surface area contributed by atoms with Gasteiger partial charge in [-0.2, -0.15) is 10.2 Å². The van der Waals surface area contributed by atoms with Crippen LogP contribution in [0.2, 0.25) is 5.02 Å². The summed E-state index contributed by atoms with van der Waals surface area (Å²) >= 11 is 6.49. The number of halogens is 4. The number of nitrogens with two attached hydrogens (primary N) is 1. The summed E-state index contributed by atoms with van der Waals surface area (Å²) in [6, 6.07) is 11.4. The lowest BCUT2D eigenvalue weighted by Gasteiger charge is -2.34. The number of aromatic nitrogens is 5. The van der Waals surface area contributed by atoms with E-state index in [0.717, 1.165) is 36.7 Å². The number of carbonyl (C=O) groups is 2. The summed E-state index contributed by atoms with van der Waals surface area (Å²) < 4.78 is 52.7. The van der Waals surface area contributed by atoms with Crippen LogP contribution in [0.4, 0.5) is 18.0 Å². The smallest absolute Gasteiger partial charge is 0.407 e. The van der Waals surface area contributed by atoms with E-state index >= 15 is 9.18 Å². The summed E-state index contributed by atoms with van der Waals surface area (Å²) in [6.07, 6.45) is 3.01. The van der Waals surface area contributed by atoms with Crippen LogP contribution in [0.5, 0.6) is 0 Å². The van der Waals surface area contributed by atoms with Gasteiger partial charge in [0.1, 0.15) is 30.1 Å². The van der Waals surface area contributed by atoms with Gasteiger partial charge in [0.05, 0.1) is 28.4 Å². The molecule has 11 nitrogen and oxygen atoms in total. The van der Waals surface area contributed by atoms with E-state index in [2.05, 4.69) is 20.5 Å². The van der Waals surface area contributed by atoms with Gasteiger partial charge in [0, 0.05) is 28.8 Å². The van der Waals surface area contributed by atoms with Gasteiger partial charge in [-0.15, -0.1) is 0 Å². The van der Waals surface area contributed by atoms with Crippen LogP contribution < -0.4 is 11.1 Å². The summed E-state index contributed by atoms with van der Waals surface area (Å²) in [7, 11) is 0. The molecule has 2 aliphatic carbocycles. The minimum absolute atomic E-state index is 0.0586. The summed E-state index contributed by atoms with van der Waals surface area (Å²) in [6.45, 7) is 7.31. The third-order valence-electron chi connectivity index (χ3n) is 9.95. The number of carbonyl (C=O) groups excluding carboxylic acids is 2. The van der Waals surface area contributed by atoms with Crippen molar-refractivity contribution in [2.75, 3.05) is 6.61 Å². The van der Waals surface area contributed by atoms with Crippen molar-refractivity contribution in [3.8, 4) is 16.9 Å². The standard InChI is InChI=1S/C37H40ClF3N8O3/c1-35(2,3)18-37(24-9-5-21(15-26(24)39)27-11-14-48(47-27)22-7-8-22)30(50)29(32(42)45-37)23(17-52-34(51)46-36(4)12-13-36)20-6-10-25(38)28(16-20)49-33(31(40)41)43-19-44-49/h5-6,9-11,14-16,19,22-23,29,31H,7-8,12-13,17-18H2,1-4H3,(H2,42,45)(H,46,51)/t23-,29?,37-/m1/s1. The van der Waals surface area contributed by atoms with E-state index in [4.69, 9.17) is 27.1 Å². The molecule has 1 amide bonds. The van der Waals surface area contributed by atoms with Crippen molar-refractivity contribution in [3.63, 3.8) is 0 Å². The van der Waals surface area contributed by atoms with Crippen LogP contribution in [0.25, 0.3) is 16.9 Å². The molecule has 1 unspecified atom stereocenters. The molecular weight excluding hydrogens is 697 g/mol. The Balaban J connectivity index is 1.29. The van der Waals surface area contributed by atoms with E-state index in [9.17, 15) is 13.6 Å². The van der Waals surface area contributed by atoms with Crippen molar-refractivity contribution in [3.05, 3.63) is 82.8 Å². The fourth-order valence-electron chi connectivity index (χ4n) is 7.00. The number of nitrogens with one attached hydrogen (secondary N) is 1. The molecule has 0 bridgehead atoms. The molecule has 0 spiro atoms. The molecule has 3 N–H and O–H groups in total. The monoisotopic (exact) mass is 736 g/mol. The normalized spacial score (nSPS) is 21.7. The Morgan fingerprint density at radius 1 is 1.15 bits per heavy atom. The van der Waals surface area contributed by atoms with E-state index in [1.165, 1.54) is 18.2 Å². The summed E-state index contributed by atoms with van der Waals surface area (Å²) in [5, 5.41) is 11.5. The lowest BCUT2D eigenvalue weighted by molar-refractivity contribution is -0.127. The van der Waals surface area contributed by atoms with Crippen molar-refractivity contribution < 1.29 is 27.5 Å². The number of benzene rings is 2. The molecule has 7 rings (SSSR count). The predicted octanol–water partition coefficient (Wildman–Crippen LogP) is 7.45. The van der Waals surface area contributed by atoms with Crippen LogP contribution in [-0.2, 0) is 15.1 Å². The number of alkyl carbamates (subject to hydrolysis) is 1. The molecule has 274 valence electrons.